The Morgan fingerprint density at radius 3 is 2.45 bits per heavy atom. The monoisotopic (exact) mass is 458 g/mol. The van der Waals surface area contributed by atoms with Gasteiger partial charge in [0.2, 0.25) is 5.13 Å². The minimum Gasteiger partial charge on any atom is -0.494 e. The lowest BCUT2D eigenvalue weighted by molar-refractivity contribution is 0.0988. The van der Waals surface area contributed by atoms with Crippen LogP contribution in [0.1, 0.15) is 28.4 Å². The largest absolute Gasteiger partial charge is 0.494 e. The summed E-state index contributed by atoms with van der Waals surface area (Å²) in [6, 6.07) is 21.1. The van der Waals surface area contributed by atoms with Crippen LogP contribution in [0.25, 0.3) is 10.2 Å². The predicted octanol–water partition coefficient (Wildman–Crippen LogP) is 5.75. The van der Waals surface area contributed by atoms with Crippen LogP contribution in [0.4, 0.5) is 10.8 Å². The number of benzene rings is 3. The van der Waals surface area contributed by atoms with Gasteiger partial charge in [0.25, 0.3) is 5.91 Å². The third kappa shape index (κ3) is 5.21. The number of carbonyl (C=O) groups excluding carboxylic acids is 1. The smallest absolute Gasteiger partial charge is 0.280 e. The number of rotatable bonds is 7. The number of nitrogens with zero attached hydrogens (tertiary/aromatic N) is 4. The molecule has 0 aliphatic heterocycles. The van der Waals surface area contributed by atoms with Crippen LogP contribution < -0.4 is 14.6 Å². The number of hydrazone groups is 1. The average Bonchev–Trinajstić information content (AvgIpc) is 3.23. The molecule has 7 heteroatoms. The highest BCUT2D eigenvalue weighted by atomic mass is 32.1. The topological polar surface area (TPSA) is 58.0 Å². The maximum absolute atomic E-state index is 13.5. The number of aromatic nitrogens is 1. The lowest BCUT2D eigenvalue weighted by Crippen LogP contribution is -2.25. The Balaban J connectivity index is 1.69. The fourth-order valence-electron chi connectivity index (χ4n) is 3.26. The third-order valence-corrected chi connectivity index (χ3v) is 6.04. The summed E-state index contributed by atoms with van der Waals surface area (Å²) >= 11 is 1.45. The van der Waals surface area contributed by atoms with Crippen molar-refractivity contribution in [3.05, 3.63) is 83.4 Å². The fraction of sp³-hybridized carbons (Fsp3) is 0.192. The number of anilines is 2. The van der Waals surface area contributed by atoms with E-state index in [1.54, 1.807) is 6.21 Å². The van der Waals surface area contributed by atoms with E-state index in [1.165, 1.54) is 16.3 Å². The molecule has 0 fully saturated rings. The van der Waals surface area contributed by atoms with Gasteiger partial charge >= 0.3 is 0 Å². The third-order valence-electron chi connectivity index (χ3n) is 5.05. The van der Waals surface area contributed by atoms with Gasteiger partial charge in [0.1, 0.15) is 5.75 Å². The highest BCUT2D eigenvalue weighted by Crippen LogP contribution is 2.31. The Labute approximate surface area is 197 Å². The number of thiazole rings is 1. The van der Waals surface area contributed by atoms with Crippen LogP contribution in [-0.2, 0) is 0 Å². The fourth-order valence-corrected chi connectivity index (χ4v) is 4.28. The van der Waals surface area contributed by atoms with E-state index < -0.39 is 0 Å². The van der Waals surface area contributed by atoms with E-state index in [0.29, 0.717) is 17.3 Å². The van der Waals surface area contributed by atoms with Crippen molar-refractivity contribution in [3.63, 3.8) is 0 Å². The molecular formula is C26H26N4O2S. The molecule has 1 heterocycles. The van der Waals surface area contributed by atoms with Gasteiger partial charge in [-0.2, -0.15) is 10.1 Å². The zero-order valence-corrected chi connectivity index (χ0v) is 20.0. The summed E-state index contributed by atoms with van der Waals surface area (Å²) in [7, 11) is 3.93. The molecule has 0 N–H and O–H groups in total. The minimum atomic E-state index is -0.238. The molecule has 0 atom stereocenters. The normalized spacial score (nSPS) is 11.2. The minimum absolute atomic E-state index is 0.238. The zero-order chi connectivity index (χ0) is 23.4. The Bertz CT molecular complexity index is 1280. The summed E-state index contributed by atoms with van der Waals surface area (Å²) in [5.74, 6) is 0.559. The summed E-state index contributed by atoms with van der Waals surface area (Å²) in [5.41, 5.74) is 4.41. The Hall–Kier alpha value is -3.71. The Kier molecular flexibility index (Phi) is 6.70. The highest BCUT2D eigenvalue weighted by molar-refractivity contribution is 7.22. The lowest BCUT2D eigenvalue weighted by Gasteiger charge is -2.16. The van der Waals surface area contributed by atoms with Crippen LogP contribution >= 0.6 is 11.3 Å². The Morgan fingerprint density at radius 1 is 1.06 bits per heavy atom. The van der Waals surface area contributed by atoms with Gasteiger partial charge in [-0.15, -0.1) is 0 Å². The molecule has 0 saturated carbocycles. The summed E-state index contributed by atoms with van der Waals surface area (Å²) in [4.78, 5) is 20.1. The molecule has 3 aromatic carbocycles. The van der Waals surface area contributed by atoms with E-state index in [9.17, 15) is 4.79 Å². The van der Waals surface area contributed by atoms with Crippen molar-refractivity contribution in [2.24, 2.45) is 5.10 Å². The number of fused-ring (bicyclic) bond motifs is 1. The molecule has 0 aliphatic carbocycles. The van der Waals surface area contributed by atoms with E-state index >= 15 is 0 Å². The van der Waals surface area contributed by atoms with Gasteiger partial charge < -0.3 is 9.64 Å². The van der Waals surface area contributed by atoms with Gasteiger partial charge in [-0.3, -0.25) is 4.79 Å². The van der Waals surface area contributed by atoms with Crippen LogP contribution in [0.5, 0.6) is 5.75 Å². The first-order valence-electron chi connectivity index (χ1n) is 10.7. The van der Waals surface area contributed by atoms with Crippen molar-refractivity contribution in [3.8, 4) is 5.75 Å². The van der Waals surface area contributed by atoms with Gasteiger partial charge in [0.15, 0.2) is 0 Å². The van der Waals surface area contributed by atoms with E-state index in [4.69, 9.17) is 4.74 Å². The van der Waals surface area contributed by atoms with Crippen LogP contribution in [0.2, 0.25) is 0 Å². The molecule has 0 bridgehead atoms. The average molecular weight is 459 g/mol. The quantitative estimate of drug-likeness (QED) is 0.261. The number of aryl methyl sites for hydroxylation is 1. The number of hydrogen-bond donors (Lipinski definition) is 0. The van der Waals surface area contributed by atoms with Crippen molar-refractivity contribution in [1.29, 1.82) is 0 Å². The molecule has 1 aromatic heterocycles. The second-order valence-electron chi connectivity index (χ2n) is 7.77. The first kappa shape index (κ1) is 22.5. The van der Waals surface area contributed by atoms with Crippen molar-refractivity contribution in [2.45, 2.75) is 13.8 Å². The molecule has 1 amide bonds. The van der Waals surface area contributed by atoms with E-state index in [2.05, 4.69) is 16.2 Å². The summed E-state index contributed by atoms with van der Waals surface area (Å²) < 4.78 is 6.52. The van der Waals surface area contributed by atoms with Crippen LogP contribution in [0.3, 0.4) is 0 Å². The highest BCUT2D eigenvalue weighted by Gasteiger charge is 2.21. The number of amides is 1. The molecule has 4 rings (SSSR count). The molecule has 0 saturated heterocycles. The molecule has 0 spiro atoms. The second-order valence-corrected chi connectivity index (χ2v) is 8.78. The number of ether oxygens (including phenoxy) is 1. The summed E-state index contributed by atoms with van der Waals surface area (Å²) in [6.07, 6.45) is 1.67. The maximum atomic E-state index is 13.5. The van der Waals surface area contributed by atoms with Crippen LogP contribution in [-0.4, -0.2) is 37.8 Å². The van der Waals surface area contributed by atoms with Gasteiger partial charge in [0.05, 0.1) is 23.0 Å². The molecule has 33 heavy (non-hydrogen) atoms. The van der Waals surface area contributed by atoms with Crippen molar-refractivity contribution < 1.29 is 9.53 Å². The Morgan fingerprint density at radius 2 is 1.79 bits per heavy atom. The number of hydrogen-bond acceptors (Lipinski definition) is 6. The van der Waals surface area contributed by atoms with Gasteiger partial charge in [-0.25, -0.2) is 4.98 Å². The second kappa shape index (κ2) is 9.83. The van der Waals surface area contributed by atoms with E-state index in [-0.39, 0.29) is 5.91 Å². The lowest BCUT2D eigenvalue weighted by atomic mass is 10.2. The molecule has 0 radical (unpaired) electrons. The molecule has 4 aromatic rings. The standard InChI is InChI=1S/C26H26N4O2S/c1-5-32-22-13-7-19(8-14-22)17-27-30(25(31)20-9-11-21(12-10-20)29(3)4)26-28-23-15-6-18(2)16-24(23)33-26/h6-17H,5H2,1-4H3/b27-17+. The summed E-state index contributed by atoms with van der Waals surface area (Å²) in [6.45, 7) is 4.60. The van der Waals surface area contributed by atoms with E-state index in [1.807, 2.05) is 93.5 Å². The van der Waals surface area contributed by atoms with Crippen LogP contribution in [0.15, 0.2) is 71.8 Å². The molecule has 0 unspecified atom stereocenters. The zero-order valence-electron chi connectivity index (χ0n) is 19.1. The van der Waals surface area contributed by atoms with Crippen molar-refractivity contribution in [2.75, 3.05) is 30.6 Å². The maximum Gasteiger partial charge on any atom is 0.280 e. The molecule has 6 nitrogen and oxygen atoms in total. The first-order chi connectivity index (χ1) is 15.9. The SMILES string of the molecule is CCOc1ccc(/C=N/N(C(=O)c2ccc(N(C)C)cc2)c2nc3ccc(C)cc3s2)cc1. The molecular weight excluding hydrogens is 432 g/mol. The predicted molar refractivity (Wildman–Crippen MR) is 137 cm³/mol. The van der Waals surface area contributed by atoms with Gasteiger partial charge in [-0.05, 0) is 85.6 Å². The van der Waals surface area contributed by atoms with E-state index in [0.717, 1.165) is 32.8 Å². The van der Waals surface area contributed by atoms with Gasteiger partial charge in [-0.1, -0.05) is 17.4 Å². The van der Waals surface area contributed by atoms with Crippen molar-refractivity contribution >= 4 is 44.5 Å². The van der Waals surface area contributed by atoms with Gasteiger partial charge in [0, 0.05) is 25.3 Å². The van der Waals surface area contributed by atoms with Crippen LogP contribution in [0, 0.1) is 6.92 Å². The molecule has 0 aliphatic rings. The first-order valence-corrected chi connectivity index (χ1v) is 11.5. The number of carbonyl (C=O) groups is 1. The summed E-state index contributed by atoms with van der Waals surface area (Å²) in [5, 5.41) is 6.45. The van der Waals surface area contributed by atoms with Crippen molar-refractivity contribution in [1.82, 2.24) is 4.98 Å². The molecule has 168 valence electrons.